The molecule has 0 aromatic rings. The van der Waals surface area contributed by atoms with Gasteiger partial charge in [0.25, 0.3) is 0 Å². The fraction of sp³-hybridized carbons (Fsp3) is 0.833. The Hall–Kier alpha value is -0.330. The van der Waals surface area contributed by atoms with Crippen LogP contribution in [0.4, 0.5) is 4.39 Å². The molecule has 0 bridgehead atoms. The van der Waals surface area contributed by atoms with E-state index >= 15 is 0 Å². The zero-order chi connectivity index (χ0) is 9.95. The van der Waals surface area contributed by atoms with Crippen molar-refractivity contribution in [1.29, 1.82) is 0 Å². The largest absolute Gasteiger partial charge is 0.239 e. The lowest BCUT2D eigenvalue weighted by Crippen LogP contribution is -2.36. The summed E-state index contributed by atoms with van der Waals surface area (Å²) in [7, 11) is 0. The Labute approximate surface area is 81.2 Å². The highest BCUT2D eigenvalue weighted by Crippen LogP contribution is 2.40. The number of alkyl halides is 1. The van der Waals surface area contributed by atoms with Crippen LogP contribution in [0.3, 0.4) is 0 Å². The van der Waals surface area contributed by atoms with Crippen molar-refractivity contribution in [3.05, 3.63) is 12.2 Å². The predicted octanol–water partition coefficient (Wildman–Crippen LogP) is 4.26. The molecule has 0 N–H and O–H groups in total. The van der Waals surface area contributed by atoms with Gasteiger partial charge in [-0.2, -0.15) is 0 Å². The van der Waals surface area contributed by atoms with Crippen molar-refractivity contribution < 1.29 is 4.39 Å². The normalized spacial score (nSPS) is 33.5. The highest BCUT2D eigenvalue weighted by Gasteiger charge is 2.39. The Morgan fingerprint density at radius 2 is 1.85 bits per heavy atom. The van der Waals surface area contributed by atoms with Gasteiger partial charge in [-0.05, 0) is 31.1 Å². The zero-order valence-corrected chi connectivity index (χ0v) is 9.07. The van der Waals surface area contributed by atoms with Gasteiger partial charge in [-0.25, -0.2) is 4.39 Å². The van der Waals surface area contributed by atoms with Crippen LogP contribution in [0, 0.1) is 5.41 Å². The predicted molar refractivity (Wildman–Crippen MR) is 55.5 cm³/mol. The molecule has 0 heterocycles. The fourth-order valence-electron chi connectivity index (χ4n) is 1.80. The summed E-state index contributed by atoms with van der Waals surface area (Å²) in [5, 5.41) is 0. The second-order valence-corrected chi connectivity index (χ2v) is 5.11. The van der Waals surface area contributed by atoms with Gasteiger partial charge < -0.3 is 0 Å². The van der Waals surface area contributed by atoms with Crippen molar-refractivity contribution in [3.63, 3.8) is 0 Å². The van der Waals surface area contributed by atoms with Gasteiger partial charge in [0.2, 0.25) is 0 Å². The van der Waals surface area contributed by atoms with Gasteiger partial charge in [-0.1, -0.05) is 39.3 Å². The third kappa shape index (κ3) is 2.55. The van der Waals surface area contributed by atoms with Gasteiger partial charge in [0, 0.05) is 0 Å². The summed E-state index contributed by atoms with van der Waals surface area (Å²) >= 11 is 0. The molecule has 0 nitrogen and oxygen atoms in total. The summed E-state index contributed by atoms with van der Waals surface area (Å²) in [6, 6.07) is 0. The molecule has 0 aromatic carbocycles. The van der Waals surface area contributed by atoms with Crippen molar-refractivity contribution in [2.75, 3.05) is 0 Å². The van der Waals surface area contributed by atoms with E-state index in [9.17, 15) is 4.39 Å². The van der Waals surface area contributed by atoms with E-state index in [0.717, 1.165) is 12.8 Å². The Morgan fingerprint density at radius 3 is 2.46 bits per heavy atom. The van der Waals surface area contributed by atoms with Crippen LogP contribution >= 0.6 is 0 Å². The van der Waals surface area contributed by atoms with E-state index in [2.05, 4.69) is 0 Å². The molecule has 1 aliphatic carbocycles. The Morgan fingerprint density at radius 1 is 1.15 bits per heavy atom. The van der Waals surface area contributed by atoms with E-state index in [-0.39, 0.29) is 5.41 Å². The number of hydrogen-bond donors (Lipinski definition) is 0. The van der Waals surface area contributed by atoms with Gasteiger partial charge in [0.05, 0.1) is 0 Å². The number of allylic oxidation sites excluding steroid dienone is 2. The summed E-state index contributed by atoms with van der Waals surface area (Å²) in [4.78, 5) is 0. The minimum Gasteiger partial charge on any atom is -0.239 e. The van der Waals surface area contributed by atoms with Crippen LogP contribution in [-0.4, -0.2) is 5.67 Å². The maximum absolute atomic E-state index is 14.4. The summed E-state index contributed by atoms with van der Waals surface area (Å²) in [6.45, 7) is 5.96. The lowest BCUT2D eigenvalue weighted by molar-refractivity contribution is 0.0654. The lowest BCUT2D eigenvalue weighted by atomic mass is 9.74. The number of halogens is 1. The molecular weight excluding hydrogens is 163 g/mol. The SMILES string of the molecule is CC(C)(C)C1(F)/C=C\CCCCC1. The smallest absolute Gasteiger partial charge is 0.133 e. The van der Waals surface area contributed by atoms with Crippen LogP contribution in [-0.2, 0) is 0 Å². The molecule has 13 heavy (non-hydrogen) atoms. The van der Waals surface area contributed by atoms with Crippen molar-refractivity contribution >= 4 is 0 Å². The Balaban J connectivity index is 2.78. The zero-order valence-electron chi connectivity index (χ0n) is 9.07. The van der Waals surface area contributed by atoms with Gasteiger partial charge in [0.1, 0.15) is 5.67 Å². The van der Waals surface area contributed by atoms with Gasteiger partial charge >= 0.3 is 0 Å². The molecule has 0 amide bonds. The quantitative estimate of drug-likeness (QED) is 0.493. The molecule has 0 saturated carbocycles. The topological polar surface area (TPSA) is 0 Å². The lowest BCUT2D eigenvalue weighted by Gasteiger charge is -2.36. The fourth-order valence-corrected chi connectivity index (χ4v) is 1.80. The highest BCUT2D eigenvalue weighted by atomic mass is 19.1. The minimum atomic E-state index is -1.09. The third-order valence-electron chi connectivity index (χ3n) is 3.04. The van der Waals surface area contributed by atoms with Crippen molar-refractivity contribution in [1.82, 2.24) is 0 Å². The van der Waals surface area contributed by atoms with Crippen molar-refractivity contribution in [3.8, 4) is 0 Å². The van der Waals surface area contributed by atoms with Gasteiger partial charge in [-0.3, -0.25) is 0 Å². The van der Waals surface area contributed by atoms with Crippen LogP contribution in [0.5, 0.6) is 0 Å². The van der Waals surface area contributed by atoms with E-state index in [1.807, 2.05) is 26.8 Å². The average molecular weight is 184 g/mol. The van der Waals surface area contributed by atoms with E-state index < -0.39 is 5.67 Å². The molecule has 1 aliphatic rings. The monoisotopic (exact) mass is 184 g/mol. The first-order chi connectivity index (χ1) is 5.96. The van der Waals surface area contributed by atoms with Crippen LogP contribution in [0.2, 0.25) is 0 Å². The average Bonchev–Trinajstić information content (AvgIpc) is 1.94. The maximum atomic E-state index is 14.4. The first-order valence-corrected chi connectivity index (χ1v) is 5.32. The van der Waals surface area contributed by atoms with Crippen LogP contribution in [0.25, 0.3) is 0 Å². The molecule has 1 heteroatoms. The van der Waals surface area contributed by atoms with E-state index in [0.29, 0.717) is 6.42 Å². The molecule has 1 rings (SSSR count). The van der Waals surface area contributed by atoms with Crippen LogP contribution < -0.4 is 0 Å². The Bertz CT molecular complexity index is 188. The van der Waals surface area contributed by atoms with E-state index in [1.165, 1.54) is 12.8 Å². The van der Waals surface area contributed by atoms with Gasteiger partial charge in [0.15, 0.2) is 0 Å². The molecule has 0 aromatic heterocycles. The van der Waals surface area contributed by atoms with Crippen molar-refractivity contribution in [2.45, 2.75) is 58.5 Å². The molecule has 0 spiro atoms. The van der Waals surface area contributed by atoms with Crippen LogP contribution in [0.1, 0.15) is 52.9 Å². The van der Waals surface area contributed by atoms with E-state index in [1.54, 1.807) is 6.08 Å². The summed E-state index contributed by atoms with van der Waals surface area (Å²) in [5.74, 6) is 0. The molecule has 0 saturated heterocycles. The first-order valence-electron chi connectivity index (χ1n) is 5.32. The van der Waals surface area contributed by atoms with Gasteiger partial charge in [-0.15, -0.1) is 0 Å². The standard InChI is InChI=1S/C12H21F/c1-11(2,3)12(13)9-7-5-4-6-8-10-12/h7,9H,4-6,8,10H2,1-3H3/b9-7-. The highest BCUT2D eigenvalue weighted by molar-refractivity contribution is 5.08. The summed E-state index contributed by atoms with van der Waals surface area (Å²) < 4.78 is 14.4. The molecular formula is C12H21F. The second-order valence-electron chi connectivity index (χ2n) is 5.11. The minimum absolute atomic E-state index is 0.263. The molecule has 0 aliphatic heterocycles. The molecule has 0 radical (unpaired) electrons. The number of hydrogen-bond acceptors (Lipinski definition) is 0. The number of rotatable bonds is 0. The molecule has 76 valence electrons. The molecule has 1 atom stereocenters. The Kier molecular flexibility index (Phi) is 3.15. The van der Waals surface area contributed by atoms with Crippen LogP contribution in [0.15, 0.2) is 12.2 Å². The second kappa shape index (κ2) is 3.81. The summed E-state index contributed by atoms with van der Waals surface area (Å²) in [5.41, 5.74) is -1.35. The van der Waals surface area contributed by atoms with Crippen molar-refractivity contribution in [2.24, 2.45) is 5.41 Å². The van der Waals surface area contributed by atoms with E-state index in [4.69, 9.17) is 0 Å². The first kappa shape index (κ1) is 10.7. The summed E-state index contributed by atoms with van der Waals surface area (Å²) in [6.07, 6.45) is 8.96. The third-order valence-corrected chi connectivity index (χ3v) is 3.04. The molecule has 1 unspecified atom stereocenters. The maximum Gasteiger partial charge on any atom is 0.133 e. The molecule has 0 fully saturated rings.